The van der Waals surface area contributed by atoms with E-state index in [0.29, 0.717) is 19.4 Å². The summed E-state index contributed by atoms with van der Waals surface area (Å²) in [4.78, 5) is 13.8. The molecule has 1 aromatic carbocycles. The number of carbonyl (C=O) groups excluding carboxylic acids is 1. The molecule has 1 N–H and O–H groups in total. The van der Waals surface area contributed by atoms with Gasteiger partial charge in [0.15, 0.2) is 0 Å². The van der Waals surface area contributed by atoms with Crippen molar-refractivity contribution in [3.8, 4) is 0 Å². The molecule has 108 valence electrons. The molecule has 1 aliphatic heterocycles. The lowest BCUT2D eigenvalue weighted by Crippen LogP contribution is -2.48. The van der Waals surface area contributed by atoms with Crippen LogP contribution < -0.4 is 0 Å². The van der Waals surface area contributed by atoms with Crippen molar-refractivity contribution in [2.24, 2.45) is 0 Å². The van der Waals surface area contributed by atoms with Crippen molar-refractivity contribution in [1.29, 1.82) is 0 Å². The Morgan fingerprint density at radius 3 is 2.85 bits per heavy atom. The zero-order chi connectivity index (χ0) is 14.4. The average molecular weight is 275 g/mol. The van der Waals surface area contributed by atoms with Gasteiger partial charge in [-0.1, -0.05) is 49.4 Å². The van der Waals surface area contributed by atoms with Crippen LogP contribution >= 0.6 is 0 Å². The first-order valence-electron chi connectivity index (χ1n) is 7.02. The number of hydrogen-bond donors (Lipinski definition) is 1. The van der Waals surface area contributed by atoms with Gasteiger partial charge in [-0.2, -0.15) is 0 Å². The maximum absolute atomic E-state index is 12.2. The minimum atomic E-state index is -0.510. The lowest BCUT2D eigenvalue weighted by Gasteiger charge is -2.34. The predicted molar refractivity (Wildman–Crippen MR) is 77.2 cm³/mol. The van der Waals surface area contributed by atoms with Crippen molar-refractivity contribution in [2.75, 3.05) is 6.54 Å². The van der Waals surface area contributed by atoms with E-state index >= 15 is 0 Å². The van der Waals surface area contributed by atoms with E-state index in [0.717, 1.165) is 5.56 Å². The molecule has 0 unspecified atom stereocenters. The third-order valence-corrected chi connectivity index (χ3v) is 3.55. The number of benzene rings is 1. The number of carbonyl (C=O) groups is 1. The summed E-state index contributed by atoms with van der Waals surface area (Å²) in [6.07, 6.45) is 4.36. The van der Waals surface area contributed by atoms with Gasteiger partial charge in [-0.15, -0.1) is 0 Å². The van der Waals surface area contributed by atoms with E-state index in [-0.39, 0.29) is 18.7 Å². The van der Waals surface area contributed by atoms with Crippen LogP contribution in [0.15, 0.2) is 42.5 Å². The number of hydrogen-bond acceptors (Lipinski definition) is 3. The Labute approximate surface area is 119 Å². The zero-order valence-corrected chi connectivity index (χ0v) is 11.7. The Kier molecular flexibility index (Phi) is 5.18. The molecular formula is C16H21NO3. The molecule has 0 aromatic heterocycles. The van der Waals surface area contributed by atoms with Crippen molar-refractivity contribution in [2.45, 2.75) is 38.5 Å². The van der Waals surface area contributed by atoms with Crippen LogP contribution in [-0.4, -0.2) is 34.8 Å². The van der Waals surface area contributed by atoms with Gasteiger partial charge < -0.3 is 9.84 Å². The number of ether oxygens (including phenoxy) is 1. The highest BCUT2D eigenvalue weighted by Crippen LogP contribution is 2.18. The second-order valence-electron chi connectivity index (χ2n) is 4.94. The van der Waals surface area contributed by atoms with Gasteiger partial charge in [-0.3, -0.25) is 4.90 Å². The van der Waals surface area contributed by atoms with Crippen molar-refractivity contribution in [1.82, 2.24) is 4.90 Å². The molecule has 2 rings (SSSR count). The SMILES string of the molecule is CC[C@@H](O)[C@@H]1CC=CCN1C(=O)OCc1ccccc1. The number of aliphatic hydroxyl groups excluding tert-OH is 1. The molecule has 0 radical (unpaired) electrons. The van der Waals surface area contributed by atoms with E-state index in [1.54, 1.807) is 4.90 Å². The standard InChI is InChI=1S/C16H21NO3/c1-2-15(18)14-10-6-7-11-17(14)16(19)20-12-13-8-4-3-5-9-13/h3-9,14-15,18H,2,10-12H2,1H3/t14-,15+/m0/s1. The molecular weight excluding hydrogens is 254 g/mol. The fourth-order valence-corrected chi connectivity index (χ4v) is 2.34. The van der Waals surface area contributed by atoms with Gasteiger partial charge >= 0.3 is 6.09 Å². The first-order chi connectivity index (χ1) is 9.72. The van der Waals surface area contributed by atoms with Crippen LogP contribution in [0.25, 0.3) is 0 Å². The van der Waals surface area contributed by atoms with Gasteiger partial charge in [0.25, 0.3) is 0 Å². The minimum absolute atomic E-state index is 0.187. The fraction of sp³-hybridized carbons (Fsp3) is 0.438. The molecule has 2 atom stereocenters. The fourth-order valence-electron chi connectivity index (χ4n) is 2.34. The van der Waals surface area contributed by atoms with Crippen molar-refractivity contribution in [3.63, 3.8) is 0 Å². The molecule has 1 amide bonds. The van der Waals surface area contributed by atoms with Gasteiger partial charge in [0.05, 0.1) is 12.1 Å². The monoisotopic (exact) mass is 275 g/mol. The van der Waals surface area contributed by atoms with Crippen molar-refractivity contribution < 1.29 is 14.6 Å². The lowest BCUT2D eigenvalue weighted by molar-refractivity contribution is 0.0320. The highest BCUT2D eigenvalue weighted by molar-refractivity contribution is 5.68. The number of amides is 1. The maximum Gasteiger partial charge on any atom is 0.410 e. The molecule has 0 saturated heterocycles. The van der Waals surface area contributed by atoms with E-state index in [4.69, 9.17) is 4.74 Å². The topological polar surface area (TPSA) is 49.8 Å². The number of rotatable bonds is 4. The second kappa shape index (κ2) is 7.10. The van der Waals surface area contributed by atoms with Crippen molar-refractivity contribution >= 4 is 6.09 Å². The molecule has 1 aliphatic rings. The van der Waals surface area contributed by atoms with E-state index in [2.05, 4.69) is 0 Å². The molecule has 4 nitrogen and oxygen atoms in total. The summed E-state index contributed by atoms with van der Waals surface area (Å²) in [5.74, 6) is 0. The molecule has 20 heavy (non-hydrogen) atoms. The molecule has 0 aliphatic carbocycles. The van der Waals surface area contributed by atoms with E-state index in [9.17, 15) is 9.90 Å². The van der Waals surface area contributed by atoms with E-state index in [1.165, 1.54) is 0 Å². The first kappa shape index (κ1) is 14.6. The predicted octanol–water partition coefficient (Wildman–Crippen LogP) is 2.72. The molecule has 4 heteroatoms. The summed E-state index contributed by atoms with van der Waals surface area (Å²) in [7, 11) is 0. The highest BCUT2D eigenvalue weighted by atomic mass is 16.6. The van der Waals surface area contributed by atoms with Gasteiger partial charge in [0.2, 0.25) is 0 Å². The Morgan fingerprint density at radius 2 is 2.15 bits per heavy atom. The largest absolute Gasteiger partial charge is 0.445 e. The quantitative estimate of drug-likeness (QED) is 0.860. The van der Waals surface area contributed by atoms with Gasteiger partial charge in [-0.05, 0) is 18.4 Å². The van der Waals surface area contributed by atoms with Crippen molar-refractivity contribution in [3.05, 3.63) is 48.0 Å². The summed E-state index contributed by atoms with van der Waals surface area (Å²) >= 11 is 0. The molecule has 1 aromatic rings. The Hall–Kier alpha value is -1.81. The molecule has 0 fully saturated rings. The molecule has 0 spiro atoms. The molecule has 0 bridgehead atoms. The molecule has 0 saturated carbocycles. The minimum Gasteiger partial charge on any atom is -0.445 e. The van der Waals surface area contributed by atoms with E-state index < -0.39 is 6.10 Å². The van der Waals surface area contributed by atoms with Crippen LogP contribution in [0, 0.1) is 0 Å². The molecule has 1 heterocycles. The first-order valence-corrected chi connectivity index (χ1v) is 7.02. The van der Waals surface area contributed by atoms with Crippen LogP contribution in [0.5, 0.6) is 0 Å². The summed E-state index contributed by atoms with van der Waals surface area (Å²) in [6.45, 7) is 2.67. The van der Waals surface area contributed by atoms with Crippen LogP contribution in [0.3, 0.4) is 0 Å². The summed E-state index contributed by atoms with van der Waals surface area (Å²) in [5.41, 5.74) is 0.959. The third-order valence-electron chi connectivity index (χ3n) is 3.55. The zero-order valence-electron chi connectivity index (χ0n) is 11.7. The smallest absolute Gasteiger partial charge is 0.410 e. The lowest BCUT2D eigenvalue weighted by atomic mass is 10.0. The Bertz CT molecular complexity index is 458. The van der Waals surface area contributed by atoms with Gasteiger partial charge in [0, 0.05) is 6.54 Å². The van der Waals surface area contributed by atoms with Gasteiger partial charge in [0.1, 0.15) is 6.61 Å². The van der Waals surface area contributed by atoms with Crippen LogP contribution in [0.2, 0.25) is 0 Å². The Morgan fingerprint density at radius 1 is 1.40 bits per heavy atom. The van der Waals surface area contributed by atoms with Crippen LogP contribution in [0.4, 0.5) is 4.79 Å². The number of aliphatic hydroxyl groups is 1. The maximum atomic E-state index is 12.2. The normalized spacial score (nSPS) is 19.7. The van der Waals surface area contributed by atoms with Crippen LogP contribution in [-0.2, 0) is 11.3 Å². The average Bonchev–Trinajstić information content (AvgIpc) is 2.52. The Balaban J connectivity index is 1.94. The summed E-state index contributed by atoms with van der Waals surface area (Å²) in [5, 5.41) is 10.0. The highest BCUT2D eigenvalue weighted by Gasteiger charge is 2.30. The number of nitrogens with zero attached hydrogens (tertiary/aromatic N) is 1. The summed E-state index contributed by atoms with van der Waals surface area (Å²) in [6, 6.07) is 9.40. The third kappa shape index (κ3) is 3.61. The van der Waals surface area contributed by atoms with Gasteiger partial charge in [-0.25, -0.2) is 4.79 Å². The van der Waals surface area contributed by atoms with E-state index in [1.807, 2.05) is 49.4 Å². The summed E-state index contributed by atoms with van der Waals surface area (Å²) < 4.78 is 5.33. The van der Waals surface area contributed by atoms with Crippen LogP contribution in [0.1, 0.15) is 25.3 Å². The second-order valence-corrected chi connectivity index (χ2v) is 4.94.